The number of nitrogens with zero attached hydrogens (tertiary/aromatic N) is 2. The third-order valence-electron chi connectivity index (χ3n) is 3.70. The Balaban J connectivity index is 1.73. The minimum absolute atomic E-state index is 0.638. The summed E-state index contributed by atoms with van der Waals surface area (Å²) in [6.07, 6.45) is 2.51. The second kappa shape index (κ2) is 7.53. The molecule has 118 valence electrons. The van der Waals surface area contributed by atoms with Gasteiger partial charge in [0.25, 0.3) is 0 Å². The standard InChI is InChI=1S/C18H18BrN3O/c1-23-11-14-5-3-2-4-13(14)8-9-20-18-16-10-15(19)6-7-17(16)21-12-22-18/h2-7,10,12H,8-9,11H2,1H3,(H,20,21,22). The molecule has 0 radical (unpaired) electrons. The van der Waals surface area contributed by atoms with Crippen molar-refractivity contribution in [3.8, 4) is 0 Å². The lowest BCUT2D eigenvalue weighted by Gasteiger charge is -2.11. The van der Waals surface area contributed by atoms with Gasteiger partial charge in [-0.25, -0.2) is 9.97 Å². The third kappa shape index (κ3) is 3.86. The molecular weight excluding hydrogens is 354 g/mol. The average molecular weight is 372 g/mol. The molecule has 0 spiro atoms. The maximum atomic E-state index is 5.26. The summed E-state index contributed by atoms with van der Waals surface area (Å²) in [5, 5.41) is 4.44. The molecule has 23 heavy (non-hydrogen) atoms. The van der Waals surface area contributed by atoms with Crippen molar-refractivity contribution in [3.63, 3.8) is 0 Å². The third-order valence-corrected chi connectivity index (χ3v) is 4.20. The Hall–Kier alpha value is -1.98. The highest BCUT2D eigenvalue weighted by Gasteiger charge is 2.05. The van der Waals surface area contributed by atoms with Crippen LogP contribution in [0.1, 0.15) is 11.1 Å². The molecule has 1 aromatic heterocycles. The minimum atomic E-state index is 0.638. The van der Waals surface area contributed by atoms with Gasteiger partial charge in [0.1, 0.15) is 12.1 Å². The molecule has 4 nitrogen and oxygen atoms in total. The second-order valence-electron chi connectivity index (χ2n) is 5.26. The largest absolute Gasteiger partial charge is 0.380 e. The normalized spacial score (nSPS) is 10.9. The van der Waals surface area contributed by atoms with Gasteiger partial charge in [-0.2, -0.15) is 0 Å². The lowest BCUT2D eigenvalue weighted by atomic mass is 10.1. The van der Waals surface area contributed by atoms with Crippen LogP contribution in [0.25, 0.3) is 10.9 Å². The maximum Gasteiger partial charge on any atom is 0.137 e. The predicted octanol–water partition coefficient (Wildman–Crippen LogP) is 4.19. The summed E-state index contributed by atoms with van der Waals surface area (Å²) in [6.45, 7) is 1.44. The van der Waals surface area contributed by atoms with Crippen LogP contribution in [0.15, 0.2) is 53.3 Å². The highest BCUT2D eigenvalue weighted by atomic mass is 79.9. The Morgan fingerprint density at radius 3 is 2.74 bits per heavy atom. The molecule has 0 unspecified atom stereocenters. The highest BCUT2D eigenvalue weighted by Crippen LogP contribution is 2.23. The van der Waals surface area contributed by atoms with E-state index in [-0.39, 0.29) is 0 Å². The van der Waals surface area contributed by atoms with Crippen LogP contribution >= 0.6 is 15.9 Å². The Bertz CT molecular complexity index is 807. The fourth-order valence-electron chi connectivity index (χ4n) is 2.58. The number of hydrogen-bond donors (Lipinski definition) is 1. The first kappa shape index (κ1) is 15.9. The number of benzene rings is 2. The first-order valence-corrected chi connectivity index (χ1v) is 8.27. The molecule has 5 heteroatoms. The number of ether oxygens (including phenoxy) is 1. The van der Waals surface area contributed by atoms with Gasteiger partial charge in [0.2, 0.25) is 0 Å². The van der Waals surface area contributed by atoms with E-state index < -0.39 is 0 Å². The van der Waals surface area contributed by atoms with Gasteiger partial charge in [-0.1, -0.05) is 40.2 Å². The number of methoxy groups -OCH3 is 1. The molecule has 0 aliphatic rings. The summed E-state index contributed by atoms with van der Waals surface area (Å²) in [4.78, 5) is 8.67. The molecule has 3 rings (SSSR count). The van der Waals surface area contributed by atoms with Crippen LogP contribution in [-0.4, -0.2) is 23.6 Å². The fraction of sp³-hybridized carbons (Fsp3) is 0.222. The molecule has 1 heterocycles. The molecule has 2 aromatic carbocycles. The highest BCUT2D eigenvalue weighted by molar-refractivity contribution is 9.10. The van der Waals surface area contributed by atoms with Gasteiger partial charge >= 0.3 is 0 Å². The average Bonchev–Trinajstić information content (AvgIpc) is 2.57. The van der Waals surface area contributed by atoms with Gasteiger partial charge in [0.15, 0.2) is 0 Å². The molecule has 0 atom stereocenters. The molecule has 0 amide bonds. The van der Waals surface area contributed by atoms with Crippen LogP contribution in [0.3, 0.4) is 0 Å². The van der Waals surface area contributed by atoms with Gasteiger partial charge in [0.05, 0.1) is 12.1 Å². The van der Waals surface area contributed by atoms with E-state index >= 15 is 0 Å². The molecule has 0 bridgehead atoms. The second-order valence-corrected chi connectivity index (χ2v) is 6.18. The van der Waals surface area contributed by atoms with Crippen molar-refractivity contribution in [2.75, 3.05) is 19.0 Å². The van der Waals surface area contributed by atoms with Crippen molar-refractivity contribution in [2.45, 2.75) is 13.0 Å². The van der Waals surface area contributed by atoms with Gasteiger partial charge in [-0.05, 0) is 35.7 Å². The summed E-state index contributed by atoms with van der Waals surface area (Å²) in [5.74, 6) is 0.862. The van der Waals surface area contributed by atoms with Crippen molar-refractivity contribution in [3.05, 3.63) is 64.4 Å². The molecule has 0 aliphatic heterocycles. The van der Waals surface area contributed by atoms with Gasteiger partial charge in [-0.3, -0.25) is 0 Å². The predicted molar refractivity (Wildman–Crippen MR) is 96.6 cm³/mol. The fourth-order valence-corrected chi connectivity index (χ4v) is 2.94. The van der Waals surface area contributed by atoms with E-state index in [1.54, 1.807) is 13.4 Å². The van der Waals surface area contributed by atoms with Crippen LogP contribution in [-0.2, 0) is 17.8 Å². The summed E-state index contributed by atoms with van der Waals surface area (Å²) in [5.41, 5.74) is 3.46. The number of hydrogen-bond acceptors (Lipinski definition) is 4. The van der Waals surface area contributed by atoms with Gasteiger partial charge in [-0.15, -0.1) is 0 Å². The van der Waals surface area contributed by atoms with E-state index in [0.29, 0.717) is 6.61 Å². The van der Waals surface area contributed by atoms with Crippen molar-refractivity contribution < 1.29 is 4.74 Å². The molecule has 0 saturated heterocycles. The molecular formula is C18H18BrN3O. The monoisotopic (exact) mass is 371 g/mol. The van der Waals surface area contributed by atoms with Crippen LogP contribution in [0.5, 0.6) is 0 Å². The number of fused-ring (bicyclic) bond motifs is 1. The zero-order chi connectivity index (χ0) is 16.1. The summed E-state index contributed by atoms with van der Waals surface area (Å²) >= 11 is 3.50. The first-order chi connectivity index (χ1) is 11.3. The van der Waals surface area contributed by atoms with E-state index in [2.05, 4.69) is 49.4 Å². The van der Waals surface area contributed by atoms with Gasteiger partial charge in [0, 0.05) is 23.5 Å². The number of aromatic nitrogens is 2. The van der Waals surface area contributed by atoms with E-state index in [4.69, 9.17) is 4.74 Å². The number of nitrogens with one attached hydrogen (secondary N) is 1. The van der Waals surface area contributed by atoms with Crippen LogP contribution in [0.2, 0.25) is 0 Å². The van der Waals surface area contributed by atoms with Crippen molar-refractivity contribution in [1.29, 1.82) is 0 Å². The number of halogens is 1. The Morgan fingerprint density at radius 2 is 1.91 bits per heavy atom. The molecule has 0 aliphatic carbocycles. The van der Waals surface area contributed by atoms with Crippen LogP contribution < -0.4 is 5.32 Å². The molecule has 0 fully saturated rings. The summed E-state index contributed by atoms with van der Waals surface area (Å²) < 4.78 is 6.28. The Labute approximate surface area is 144 Å². The van der Waals surface area contributed by atoms with E-state index in [1.165, 1.54) is 11.1 Å². The van der Waals surface area contributed by atoms with E-state index in [1.807, 2.05) is 24.3 Å². The Kier molecular flexibility index (Phi) is 5.20. The number of anilines is 1. The zero-order valence-corrected chi connectivity index (χ0v) is 14.5. The lowest BCUT2D eigenvalue weighted by Crippen LogP contribution is -2.08. The minimum Gasteiger partial charge on any atom is -0.380 e. The van der Waals surface area contributed by atoms with Crippen molar-refractivity contribution in [1.82, 2.24) is 9.97 Å². The molecule has 0 saturated carbocycles. The van der Waals surface area contributed by atoms with Crippen molar-refractivity contribution >= 4 is 32.7 Å². The van der Waals surface area contributed by atoms with E-state index in [0.717, 1.165) is 34.2 Å². The van der Waals surface area contributed by atoms with E-state index in [9.17, 15) is 0 Å². The topological polar surface area (TPSA) is 47.0 Å². The SMILES string of the molecule is COCc1ccccc1CCNc1ncnc2ccc(Br)cc12. The smallest absolute Gasteiger partial charge is 0.137 e. The lowest BCUT2D eigenvalue weighted by molar-refractivity contribution is 0.184. The number of rotatable bonds is 6. The quantitative estimate of drug-likeness (QED) is 0.705. The molecule has 3 aromatic rings. The maximum absolute atomic E-state index is 5.26. The summed E-state index contributed by atoms with van der Waals surface area (Å²) in [6, 6.07) is 14.4. The summed E-state index contributed by atoms with van der Waals surface area (Å²) in [7, 11) is 1.72. The first-order valence-electron chi connectivity index (χ1n) is 7.48. The Morgan fingerprint density at radius 1 is 1.09 bits per heavy atom. The zero-order valence-electron chi connectivity index (χ0n) is 12.9. The van der Waals surface area contributed by atoms with Gasteiger partial charge < -0.3 is 10.1 Å². The van der Waals surface area contributed by atoms with Crippen LogP contribution in [0.4, 0.5) is 5.82 Å². The molecule has 1 N–H and O–H groups in total. The van der Waals surface area contributed by atoms with Crippen LogP contribution in [0, 0.1) is 0 Å². The van der Waals surface area contributed by atoms with Crippen molar-refractivity contribution in [2.24, 2.45) is 0 Å².